The molecule has 6 nitrogen and oxygen atoms in total. The SMILES string of the molecule is Cc1cc2c(cc1C)[C@@H]1C[C@H](NC(=O)OC(C)(C)C)[C@@H](C(N)=O)CN1CC2. The maximum Gasteiger partial charge on any atom is 0.407 e. The molecule has 1 aromatic carbocycles. The van der Waals surface area contributed by atoms with Crippen LogP contribution >= 0.6 is 0 Å². The summed E-state index contributed by atoms with van der Waals surface area (Å²) in [5.74, 6) is -0.790. The van der Waals surface area contributed by atoms with E-state index < -0.39 is 17.6 Å². The topological polar surface area (TPSA) is 84.7 Å². The Balaban J connectivity index is 1.85. The van der Waals surface area contributed by atoms with Crippen LogP contribution in [0.25, 0.3) is 0 Å². The third-order valence-corrected chi connectivity index (χ3v) is 5.69. The first-order chi connectivity index (χ1) is 12.5. The van der Waals surface area contributed by atoms with Crippen LogP contribution in [0.1, 0.15) is 55.5 Å². The van der Waals surface area contributed by atoms with Gasteiger partial charge in [0.2, 0.25) is 5.91 Å². The van der Waals surface area contributed by atoms with Crippen LogP contribution < -0.4 is 11.1 Å². The summed E-state index contributed by atoms with van der Waals surface area (Å²) in [6.45, 7) is 11.2. The molecular weight excluding hydrogens is 342 g/mol. The number of fused-ring (bicyclic) bond motifs is 3. The average Bonchev–Trinajstić information content (AvgIpc) is 2.53. The number of alkyl carbamates (subject to hydrolysis) is 1. The molecule has 1 fully saturated rings. The van der Waals surface area contributed by atoms with E-state index in [1.807, 2.05) is 20.8 Å². The summed E-state index contributed by atoms with van der Waals surface area (Å²) in [5.41, 5.74) is 10.3. The molecule has 0 aliphatic carbocycles. The van der Waals surface area contributed by atoms with E-state index in [0.717, 1.165) is 13.0 Å². The Kier molecular flexibility index (Phi) is 5.21. The lowest BCUT2D eigenvalue weighted by molar-refractivity contribution is -0.125. The summed E-state index contributed by atoms with van der Waals surface area (Å²) in [5, 5.41) is 2.91. The van der Waals surface area contributed by atoms with Gasteiger partial charge in [0.1, 0.15) is 5.60 Å². The number of nitrogens with one attached hydrogen (secondary N) is 1. The molecule has 1 saturated heterocycles. The zero-order valence-corrected chi connectivity index (χ0v) is 17.0. The van der Waals surface area contributed by atoms with Gasteiger partial charge in [0.05, 0.1) is 5.92 Å². The van der Waals surface area contributed by atoms with Gasteiger partial charge in [0.15, 0.2) is 0 Å². The van der Waals surface area contributed by atoms with Crippen LogP contribution in [0, 0.1) is 19.8 Å². The summed E-state index contributed by atoms with van der Waals surface area (Å²) in [4.78, 5) is 26.7. The van der Waals surface area contributed by atoms with Gasteiger partial charge in [-0.05, 0) is 69.7 Å². The molecule has 148 valence electrons. The fourth-order valence-electron chi connectivity index (χ4n) is 4.23. The molecule has 2 heterocycles. The van der Waals surface area contributed by atoms with Gasteiger partial charge in [-0.3, -0.25) is 9.69 Å². The van der Waals surface area contributed by atoms with Gasteiger partial charge in [-0.15, -0.1) is 0 Å². The first kappa shape index (κ1) is 19.7. The largest absolute Gasteiger partial charge is 0.444 e. The fraction of sp³-hybridized carbons (Fsp3) is 0.619. The van der Waals surface area contributed by atoms with Crippen LogP contribution in [0.15, 0.2) is 12.1 Å². The van der Waals surface area contributed by atoms with Gasteiger partial charge in [-0.1, -0.05) is 12.1 Å². The summed E-state index contributed by atoms with van der Waals surface area (Å²) in [7, 11) is 0. The Morgan fingerprint density at radius 2 is 1.89 bits per heavy atom. The second-order valence-electron chi connectivity index (χ2n) is 8.89. The number of benzene rings is 1. The van der Waals surface area contributed by atoms with Crippen molar-refractivity contribution in [1.29, 1.82) is 0 Å². The zero-order valence-electron chi connectivity index (χ0n) is 17.0. The molecule has 0 radical (unpaired) electrons. The molecule has 2 aliphatic rings. The minimum absolute atomic E-state index is 0.184. The van der Waals surface area contributed by atoms with E-state index in [4.69, 9.17) is 10.5 Å². The molecule has 0 unspecified atom stereocenters. The number of primary amides is 1. The predicted octanol–water partition coefficient (Wildman–Crippen LogP) is 2.60. The molecule has 1 aromatic rings. The van der Waals surface area contributed by atoms with Crippen LogP contribution in [0.3, 0.4) is 0 Å². The molecule has 0 saturated carbocycles. The molecule has 27 heavy (non-hydrogen) atoms. The van der Waals surface area contributed by atoms with E-state index in [0.29, 0.717) is 13.0 Å². The fourth-order valence-corrected chi connectivity index (χ4v) is 4.23. The van der Waals surface area contributed by atoms with Crippen molar-refractivity contribution in [2.45, 2.75) is 65.1 Å². The zero-order chi connectivity index (χ0) is 19.9. The molecular formula is C21H31N3O3. The van der Waals surface area contributed by atoms with Crippen LogP contribution in [-0.2, 0) is 16.0 Å². The number of carbonyl (C=O) groups is 2. The molecule has 0 spiro atoms. The molecule has 3 N–H and O–H groups in total. The van der Waals surface area contributed by atoms with Crippen molar-refractivity contribution in [3.05, 3.63) is 34.4 Å². The Morgan fingerprint density at radius 1 is 1.22 bits per heavy atom. The van der Waals surface area contributed by atoms with Crippen LogP contribution in [0.4, 0.5) is 4.79 Å². The van der Waals surface area contributed by atoms with E-state index in [2.05, 4.69) is 36.2 Å². The van der Waals surface area contributed by atoms with Gasteiger partial charge in [0.25, 0.3) is 0 Å². The van der Waals surface area contributed by atoms with Crippen molar-refractivity contribution < 1.29 is 14.3 Å². The van der Waals surface area contributed by atoms with Crippen LogP contribution in [-0.4, -0.2) is 41.6 Å². The molecule has 0 aromatic heterocycles. The van der Waals surface area contributed by atoms with Gasteiger partial charge in [0, 0.05) is 25.2 Å². The summed E-state index contributed by atoms with van der Waals surface area (Å²) < 4.78 is 5.39. The standard InChI is InChI=1S/C21H31N3O3/c1-12-8-14-6-7-24-11-16(19(22)25)17(23-20(26)27-21(3,4)5)10-18(24)15(14)9-13(12)2/h8-9,16-18H,6-7,10-11H2,1-5H3,(H2,22,25)(H,23,26)/t16-,17-,18-/m0/s1. The van der Waals surface area contributed by atoms with Gasteiger partial charge >= 0.3 is 6.09 Å². The second-order valence-corrected chi connectivity index (χ2v) is 8.89. The van der Waals surface area contributed by atoms with E-state index in [9.17, 15) is 9.59 Å². The first-order valence-corrected chi connectivity index (χ1v) is 9.68. The molecule has 2 aliphatic heterocycles. The van der Waals surface area contributed by atoms with Crippen molar-refractivity contribution >= 4 is 12.0 Å². The quantitative estimate of drug-likeness (QED) is 0.834. The van der Waals surface area contributed by atoms with Crippen LogP contribution in [0.2, 0.25) is 0 Å². The highest BCUT2D eigenvalue weighted by molar-refractivity contribution is 5.79. The Morgan fingerprint density at radius 3 is 2.52 bits per heavy atom. The van der Waals surface area contributed by atoms with Gasteiger partial charge in [-0.25, -0.2) is 4.79 Å². The minimum Gasteiger partial charge on any atom is -0.444 e. The van der Waals surface area contributed by atoms with Crippen molar-refractivity contribution in [3.8, 4) is 0 Å². The van der Waals surface area contributed by atoms with E-state index in [-0.39, 0.29) is 18.0 Å². The number of nitrogens with two attached hydrogens (primary N) is 1. The predicted molar refractivity (Wildman–Crippen MR) is 104 cm³/mol. The first-order valence-electron chi connectivity index (χ1n) is 9.68. The Hall–Kier alpha value is -2.08. The Bertz CT molecular complexity index is 754. The third kappa shape index (κ3) is 4.26. The smallest absolute Gasteiger partial charge is 0.407 e. The number of amides is 2. The van der Waals surface area contributed by atoms with E-state index >= 15 is 0 Å². The lowest BCUT2D eigenvalue weighted by Gasteiger charge is -2.46. The number of nitrogens with zero attached hydrogens (tertiary/aromatic N) is 1. The highest BCUT2D eigenvalue weighted by Crippen LogP contribution is 2.39. The normalized spacial score (nSPS) is 25.3. The van der Waals surface area contributed by atoms with Crippen molar-refractivity contribution in [3.63, 3.8) is 0 Å². The van der Waals surface area contributed by atoms with Crippen molar-refractivity contribution in [2.24, 2.45) is 11.7 Å². The molecule has 2 amide bonds. The van der Waals surface area contributed by atoms with Crippen molar-refractivity contribution in [2.75, 3.05) is 13.1 Å². The van der Waals surface area contributed by atoms with Gasteiger partial charge in [-0.2, -0.15) is 0 Å². The summed E-state index contributed by atoms with van der Waals surface area (Å²) >= 11 is 0. The number of hydrogen-bond acceptors (Lipinski definition) is 4. The highest BCUT2D eigenvalue weighted by Gasteiger charge is 2.42. The van der Waals surface area contributed by atoms with E-state index in [1.165, 1.54) is 22.3 Å². The number of aryl methyl sites for hydroxylation is 2. The number of hydrogen-bond donors (Lipinski definition) is 2. The van der Waals surface area contributed by atoms with Gasteiger partial charge < -0.3 is 15.8 Å². The summed E-state index contributed by atoms with van der Waals surface area (Å²) in [6.07, 6.45) is 1.13. The second kappa shape index (κ2) is 7.15. The lowest BCUT2D eigenvalue weighted by Crippen LogP contribution is -2.57. The number of rotatable bonds is 2. The number of carbonyl (C=O) groups excluding carboxylic acids is 2. The maximum atomic E-state index is 12.3. The maximum absolute atomic E-state index is 12.3. The highest BCUT2D eigenvalue weighted by atomic mass is 16.6. The molecule has 3 rings (SSSR count). The summed E-state index contributed by atoms with van der Waals surface area (Å²) in [6, 6.07) is 4.39. The monoisotopic (exact) mass is 373 g/mol. The third-order valence-electron chi connectivity index (χ3n) is 5.69. The Labute approximate surface area is 161 Å². The van der Waals surface area contributed by atoms with Crippen molar-refractivity contribution in [1.82, 2.24) is 10.2 Å². The average molecular weight is 373 g/mol. The number of piperidine rings is 1. The molecule has 0 bridgehead atoms. The molecule has 3 atom stereocenters. The van der Waals surface area contributed by atoms with E-state index in [1.54, 1.807) is 0 Å². The molecule has 6 heteroatoms. The van der Waals surface area contributed by atoms with Crippen LogP contribution in [0.5, 0.6) is 0 Å². The number of ether oxygens (including phenoxy) is 1. The minimum atomic E-state index is -0.584. The lowest BCUT2D eigenvalue weighted by atomic mass is 9.79.